The molecular weight excluding hydrogens is 457 g/mol. The minimum absolute atomic E-state index is 0.0730. The van der Waals surface area contributed by atoms with Crippen LogP contribution in [0.2, 0.25) is 0 Å². The van der Waals surface area contributed by atoms with Crippen molar-refractivity contribution in [2.45, 2.75) is 23.2 Å². The van der Waals surface area contributed by atoms with E-state index in [1.807, 2.05) is 6.07 Å². The van der Waals surface area contributed by atoms with E-state index in [4.69, 9.17) is 9.47 Å². The number of benzene rings is 2. The van der Waals surface area contributed by atoms with Crippen LogP contribution < -0.4 is 20.3 Å². The van der Waals surface area contributed by atoms with Gasteiger partial charge in [0.1, 0.15) is 18.2 Å². The highest BCUT2D eigenvalue weighted by atomic mass is 32.2. The first-order valence-electron chi connectivity index (χ1n) is 10.6. The van der Waals surface area contributed by atoms with Crippen molar-refractivity contribution < 1.29 is 18.7 Å². The van der Waals surface area contributed by atoms with E-state index >= 15 is 0 Å². The molecule has 0 saturated heterocycles. The van der Waals surface area contributed by atoms with Gasteiger partial charge in [-0.25, -0.2) is 4.39 Å². The molecular formula is C25H24FN3O4S. The third-order valence-corrected chi connectivity index (χ3v) is 6.63. The van der Waals surface area contributed by atoms with Gasteiger partial charge in [0.05, 0.1) is 12.7 Å². The Morgan fingerprint density at radius 2 is 2.03 bits per heavy atom. The molecule has 1 aliphatic rings. The van der Waals surface area contributed by atoms with Gasteiger partial charge < -0.3 is 19.4 Å². The molecule has 0 radical (unpaired) electrons. The normalized spacial score (nSPS) is 14.8. The van der Waals surface area contributed by atoms with Gasteiger partial charge in [-0.1, -0.05) is 48.7 Å². The number of carbonyl (C=O) groups excluding carboxylic acids is 1. The molecule has 3 aromatic rings. The number of nitrogens with zero attached hydrogens (tertiary/aromatic N) is 2. The van der Waals surface area contributed by atoms with Gasteiger partial charge in [0.25, 0.3) is 5.56 Å². The van der Waals surface area contributed by atoms with Gasteiger partial charge >= 0.3 is 0 Å². The number of rotatable bonds is 8. The lowest BCUT2D eigenvalue weighted by molar-refractivity contribution is -0.116. The van der Waals surface area contributed by atoms with Gasteiger partial charge in [-0.2, -0.15) is 4.98 Å². The average Bonchev–Trinajstić information content (AvgIpc) is 2.84. The molecule has 34 heavy (non-hydrogen) atoms. The fraction of sp³-hybridized carbons (Fsp3) is 0.240. The second-order valence-electron chi connectivity index (χ2n) is 7.72. The van der Waals surface area contributed by atoms with Crippen molar-refractivity contribution in [2.24, 2.45) is 7.05 Å². The number of para-hydroxylation sites is 1. The van der Waals surface area contributed by atoms with Crippen LogP contribution in [0.1, 0.15) is 29.0 Å². The van der Waals surface area contributed by atoms with Crippen LogP contribution in [0.5, 0.6) is 11.5 Å². The van der Waals surface area contributed by atoms with E-state index in [1.54, 1.807) is 42.0 Å². The molecule has 1 aromatic heterocycles. The summed E-state index contributed by atoms with van der Waals surface area (Å²) < 4.78 is 26.2. The first-order chi connectivity index (χ1) is 16.4. The maximum absolute atomic E-state index is 13.2. The molecule has 0 bridgehead atoms. The summed E-state index contributed by atoms with van der Waals surface area (Å²) in [5, 5.41) is 3.29. The van der Waals surface area contributed by atoms with Gasteiger partial charge in [0.2, 0.25) is 5.91 Å². The second-order valence-corrected chi connectivity index (χ2v) is 8.66. The monoisotopic (exact) mass is 481 g/mol. The number of carbonyl (C=O) groups is 1. The molecule has 4 rings (SSSR count). The number of methoxy groups -OCH3 is 1. The van der Waals surface area contributed by atoms with Crippen LogP contribution in [0.15, 0.2) is 65.1 Å². The molecule has 7 nitrogen and oxygen atoms in total. The number of hydrogen-bond donors (Lipinski definition) is 1. The van der Waals surface area contributed by atoms with Crippen LogP contribution in [-0.4, -0.2) is 29.2 Å². The van der Waals surface area contributed by atoms with E-state index in [1.165, 1.54) is 31.0 Å². The maximum atomic E-state index is 13.2. The van der Waals surface area contributed by atoms with E-state index in [9.17, 15) is 14.0 Å². The Bertz CT molecular complexity index is 1290. The quantitative estimate of drug-likeness (QED) is 0.294. The van der Waals surface area contributed by atoms with Crippen molar-refractivity contribution in [1.82, 2.24) is 9.55 Å². The lowest BCUT2D eigenvalue weighted by Gasteiger charge is -2.29. The number of halogens is 1. The van der Waals surface area contributed by atoms with Crippen molar-refractivity contribution in [3.05, 3.63) is 88.0 Å². The summed E-state index contributed by atoms with van der Waals surface area (Å²) in [5.41, 5.74) is 1.53. The molecule has 1 aliphatic heterocycles. The molecule has 1 atom stereocenters. The molecule has 1 amide bonds. The zero-order chi connectivity index (χ0) is 24.2. The van der Waals surface area contributed by atoms with E-state index in [2.05, 4.69) is 16.9 Å². The fourth-order valence-corrected chi connectivity index (χ4v) is 4.84. The molecule has 1 N–H and O–H groups in total. The number of hydrogen-bond acceptors (Lipinski definition) is 6. The standard InChI is InChI=1S/C25H24FN3O4S/c1-4-12-33-22-17(6-5-7-19(22)32-3)18-13-20(30)27-23-21(18)24(31)28-25(29(23)2)34-14-15-8-10-16(26)11-9-15/h4-11,18H,1,12-14H2,2-3H3,(H,27,30)/t18-/m0/s1. The zero-order valence-electron chi connectivity index (χ0n) is 18.8. The largest absolute Gasteiger partial charge is 0.493 e. The Hall–Kier alpha value is -3.59. The van der Waals surface area contributed by atoms with Crippen LogP contribution in [-0.2, 0) is 17.6 Å². The Morgan fingerprint density at radius 1 is 1.26 bits per heavy atom. The average molecular weight is 482 g/mol. The molecule has 0 saturated carbocycles. The maximum Gasteiger partial charge on any atom is 0.279 e. The van der Waals surface area contributed by atoms with E-state index < -0.39 is 11.5 Å². The lowest BCUT2D eigenvalue weighted by atomic mass is 9.86. The fourth-order valence-electron chi connectivity index (χ4n) is 3.92. The summed E-state index contributed by atoms with van der Waals surface area (Å²) in [6.07, 6.45) is 1.69. The molecule has 0 unspecified atom stereocenters. The molecule has 0 spiro atoms. The first kappa shape index (κ1) is 23.6. The highest BCUT2D eigenvalue weighted by Gasteiger charge is 2.34. The van der Waals surface area contributed by atoms with Crippen molar-refractivity contribution in [3.8, 4) is 11.5 Å². The van der Waals surface area contributed by atoms with Crippen LogP contribution in [0.4, 0.5) is 10.2 Å². The second kappa shape index (κ2) is 10.1. The number of aromatic nitrogens is 2. The number of fused-ring (bicyclic) bond motifs is 1. The summed E-state index contributed by atoms with van der Waals surface area (Å²) in [5.74, 6) is 0.782. The van der Waals surface area contributed by atoms with E-state index in [-0.39, 0.29) is 24.8 Å². The minimum Gasteiger partial charge on any atom is -0.493 e. The number of anilines is 1. The number of amides is 1. The summed E-state index contributed by atoms with van der Waals surface area (Å²) in [6.45, 7) is 3.93. The summed E-state index contributed by atoms with van der Waals surface area (Å²) >= 11 is 1.33. The molecule has 176 valence electrons. The Kier molecular flexibility index (Phi) is 7.02. The summed E-state index contributed by atoms with van der Waals surface area (Å²) in [6, 6.07) is 11.5. The van der Waals surface area contributed by atoms with E-state index in [0.29, 0.717) is 39.4 Å². The van der Waals surface area contributed by atoms with Gasteiger partial charge in [0, 0.05) is 30.7 Å². The number of ether oxygens (including phenoxy) is 2. The third kappa shape index (κ3) is 4.70. The van der Waals surface area contributed by atoms with E-state index in [0.717, 1.165) is 5.56 Å². The van der Waals surface area contributed by atoms with Gasteiger partial charge in [-0.15, -0.1) is 0 Å². The summed E-state index contributed by atoms with van der Waals surface area (Å²) in [4.78, 5) is 30.2. The van der Waals surface area contributed by atoms with Gasteiger partial charge in [-0.05, 0) is 23.8 Å². The smallest absolute Gasteiger partial charge is 0.279 e. The van der Waals surface area contributed by atoms with Crippen molar-refractivity contribution in [1.29, 1.82) is 0 Å². The SMILES string of the molecule is C=CCOc1c(OC)cccc1[C@@H]1CC(=O)Nc2c1c(=O)nc(SCc1ccc(F)cc1)n2C. The molecule has 9 heteroatoms. The minimum atomic E-state index is -0.555. The van der Waals surface area contributed by atoms with Crippen LogP contribution in [0.3, 0.4) is 0 Å². The number of thioether (sulfide) groups is 1. The Balaban J connectivity index is 1.75. The lowest BCUT2D eigenvalue weighted by Crippen LogP contribution is -2.33. The van der Waals surface area contributed by atoms with Crippen LogP contribution in [0.25, 0.3) is 0 Å². The third-order valence-electron chi connectivity index (χ3n) is 5.53. The highest BCUT2D eigenvalue weighted by molar-refractivity contribution is 7.98. The highest BCUT2D eigenvalue weighted by Crippen LogP contribution is 2.43. The predicted octanol–water partition coefficient (Wildman–Crippen LogP) is 4.26. The number of nitrogens with one attached hydrogen (secondary N) is 1. The zero-order valence-corrected chi connectivity index (χ0v) is 19.7. The topological polar surface area (TPSA) is 82.4 Å². The molecule has 0 aliphatic carbocycles. The van der Waals surface area contributed by atoms with Crippen LogP contribution in [0, 0.1) is 5.82 Å². The van der Waals surface area contributed by atoms with Crippen molar-refractivity contribution in [3.63, 3.8) is 0 Å². The van der Waals surface area contributed by atoms with Crippen molar-refractivity contribution in [2.75, 3.05) is 19.0 Å². The molecule has 2 heterocycles. The Morgan fingerprint density at radius 3 is 2.74 bits per heavy atom. The summed E-state index contributed by atoms with van der Waals surface area (Å²) in [7, 11) is 3.29. The van der Waals surface area contributed by atoms with Crippen molar-refractivity contribution >= 4 is 23.5 Å². The predicted molar refractivity (Wildman–Crippen MR) is 129 cm³/mol. The molecule has 0 fully saturated rings. The first-order valence-corrected chi connectivity index (χ1v) is 11.6. The van der Waals surface area contributed by atoms with Gasteiger partial charge in [0.15, 0.2) is 16.7 Å². The van der Waals surface area contributed by atoms with Crippen LogP contribution >= 0.6 is 11.8 Å². The molecule has 2 aromatic carbocycles. The Labute approximate surface area is 200 Å². The van der Waals surface area contributed by atoms with Gasteiger partial charge in [-0.3, -0.25) is 9.59 Å².